The zero-order valence-corrected chi connectivity index (χ0v) is 19.0. The lowest BCUT2D eigenvalue weighted by Crippen LogP contribution is -2.33. The van der Waals surface area contributed by atoms with Gasteiger partial charge in [-0.25, -0.2) is 18.3 Å². The lowest BCUT2D eigenvalue weighted by atomic mass is 10.1. The molecule has 4 aliphatic rings. The van der Waals surface area contributed by atoms with Crippen LogP contribution in [0.1, 0.15) is 22.3 Å². The SMILES string of the molecule is c1ccc2c(c1)n1c[n+]2Cc2ccc(cc2)Cn2c[n+](c3ccccc32)Cc2ccc(cc2)C1. The minimum Gasteiger partial charge on any atom is -0.226 e. The molecule has 0 N–H and O–H groups in total. The third-order valence-corrected chi connectivity index (χ3v) is 7.02. The van der Waals surface area contributed by atoms with Gasteiger partial charge in [-0.1, -0.05) is 72.8 Å². The van der Waals surface area contributed by atoms with E-state index in [-0.39, 0.29) is 0 Å². The summed E-state index contributed by atoms with van der Waals surface area (Å²) in [6, 6.07) is 35.6. The summed E-state index contributed by atoms with van der Waals surface area (Å²) in [5.41, 5.74) is 10.3. The van der Waals surface area contributed by atoms with Gasteiger partial charge in [0.15, 0.2) is 22.1 Å². The fourth-order valence-electron chi connectivity index (χ4n) is 5.28. The van der Waals surface area contributed by atoms with Crippen molar-refractivity contribution in [1.29, 1.82) is 0 Å². The summed E-state index contributed by atoms with van der Waals surface area (Å²) in [6.45, 7) is 3.44. The molecule has 0 spiro atoms. The van der Waals surface area contributed by atoms with Gasteiger partial charge in [0.2, 0.25) is 12.7 Å². The van der Waals surface area contributed by atoms with E-state index in [4.69, 9.17) is 0 Å². The first-order valence-corrected chi connectivity index (χ1v) is 11.9. The predicted octanol–water partition coefficient (Wildman–Crippen LogP) is 4.68. The number of aromatic nitrogens is 4. The third kappa shape index (κ3) is 3.30. The van der Waals surface area contributed by atoms with Crippen LogP contribution in [0.5, 0.6) is 0 Å². The second-order valence-corrected chi connectivity index (χ2v) is 9.35. The molecule has 6 aromatic rings. The third-order valence-electron chi connectivity index (χ3n) is 7.02. The second kappa shape index (κ2) is 7.70. The molecule has 164 valence electrons. The molecule has 0 radical (unpaired) electrons. The van der Waals surface area contributed by atoms with Gasteiger partial charge in [0.25, 0.3) is 0 Å². The number of hydrogen-bond donors (Lipinski definition) is 0. The van der Waals surface area contributed by atoms with Crippen molar-refractivity contribution in [3.05, 3.63) is 132 Å². The summed E-state index contributed by atoms with van der Waals surface area (Å²) in [5, 5.41) is 0. The average molecular weight is 443 g/mol. The molecule has 34 heavy (non-hydrogen) atoms. The number of nitrogens with zero attached hydrogens (tertiary/aromatic N) is 4. The van der Waals surface area contributed by atoms with Crippen LogP contribution < -0.4 is 9.13 Å². The molecule has 0 unspecified atom stereocenters. The Balaban J connectivity index is 1.38. The lowest BCUT2D eigenvalue weighted by molar-refractivity contribution is -0.663. The first kappa shape index (κ1) is 19.3. The van der Waals surface area contributed by atoms with Crippen molar-refractivity contribution >= 4 is 22.1 Å². The molecule has 4 aliphatic heterocycles. The number of benzene rings is 4. The largest absolute Gasteiger partial charge is 0.245 e. The Morgan fingerprint density at radius 2 is 0.824 bits per heavy atom. The molecule has 0 amide bonds. The first-order valence-electron chi connectivity index (χ1n) is 11.9. The summed E-state index contributed by atoms with van der Waals surface area (Å²) in [5.74, 6) is 0. The van der Waals surface area contributed by atoms with Gasteiger partial charge in [0, 0.05) is 0 Å². The summed E-state index contributed by atoms with van der Waals surface area (Å²) >= 11 is 0. The highest BCUT2D eigenvalue weighted by molar-refractivity contribution is 5.72. The number of hydrogen-bond acceptors (Lipinski definition) is 0. The zero-order valence-electron chi connectivity index (χ0n) is 19.0. The zero-order chi connectivity index (χ0) is 22.5. The highest BCUT2D eigenvalue weighted by Gasteiger charge is 2.18. The fraction of sp³-hybridized carbons (Fsp3) is 0.133. The molecule has 8 bridgehead atoms. The van der Waals surface area contributed by atoms with Crippen LogP contribution in [0.25, 0.3) is 22.1 Å². The van der Waals surface area contributed by atoms with Crippen LogP contribution in [0.15, 0.2) is 110 Å². The van der Waals surface area contributed by atoms with E-state index in [9.17, 15) is 0 Å². The minimum atomic E-state index is 0.860. The maximum Gasteiger partial charge on any atom is 0.245 e. The van der Waals surface area contributed by atoms with E-state index >= 15 is 0 Å². The van der Waals surface area contributed by atoms with Gasteiger partial charge in [0.1, 0.15) is 26.2 Å². The van der Waals surface area contributed by atoms with E-state index in [2.05, 4.69) is 128 Å². The molecule has 4 aromatic carbocycles. The molecule has 0 saturated carbocycles. The van der Waals surface area contributed by atoms with Crippen molar-refractivity contribution in [3.63, 3.8) is 0 Å². The van der Waals surface area contributed by atoms with Crippen LogP contribution in [-0.4, -0.2) is 9.13 Å². The van der Waals surface area contributed by atoms with Crippen LogP contribution >= 0.6 is 0 Å². The standard InChI is InChI=1S/C30H26N4/c1-2-6-28-27(5-1)31-17-23-9-11-25(12-10-23)19-33-22-34(30-8-4-3-7-29(30)33)20-26-15-13-24(14-16-26)18-32(28)21-31/h1-16,21-22H,17-20H2/q+2. The number of para-hydroxylation sites is 4. The van der Waals surface area contributed by atoms with E-state index in [1.165, 1.54) is 44.3 Å². The molecular weight excluding hydrogens is 416 g/mol. The normalized spacial score (nSPS) is 13.4. The Morgan fingerprint density at radius 3 is 1.26 bits per heavy atom. The van der Waals surface area contributed by atoms with Gasteiger partial charge in [0.05, 0.1) is 0 Å². The first-order chi connectivity index (χ1) is 16.8. The number of imidazole rings is 2. The van der Waals surface area contributed by atoms with Crippen LogP contribution in [0.3, 0.4) is 0 Å². The van der Waals surface area contributed by atoms with Crippen molar-refractivity contribution in [2.24, 2.45) is 0 Å². The lowest BCUT2D eigenvalue weighted by Gasteiger charge is -2.04. The summed E-state index contributed by atoms with van der Waals surface area (Å²) in [6.07, 6.45) is 4.53. The Hall–Kier alpha value is -4.18. The van der Waals surface area contributed by atoms with Gasteiger partial charge in [-0.05, 0) is 46.5 Å². The molecular formula is C30H26N4+2. The van der Waals surface area contributed by atoms with E-state index in [0.29, 0.717) is 0 Å². The van der Waals surface area contributed by atoms with E-state index < -0.39 is 0 Å². The number of rotatable bonds is 0. The van der Waals surface area contributed by atoms with Crippen molar-refractivity contribution in [3.8, 4) is 0 Å². The van der Waals surface area contributed by atoms with Crippen LogP contribution in [0.2, 0.25) is 0 Å². The molecule has 10 rings (SSSR count). The monoisotopic (exact) mass is 442 g/mol. The second-order valence-electron chi connectivity index (χ2n) is 9.35. The topological polar surface area (TPSA) is 17.6 Å². The van der Waals surface area contributed by atoms with E-state index in [1.54, 1.807) is 0 Å². The van der Waals surface area contributed by atoms with E-state index in [0.717, 1.165) is 26.2 Å². The predicted molar refractivity (Wildman–Crippen MR) is 134 cm³/mol. The minimum absolute atomic E-state index is 0.860. The van der Waals surface area contributed by atoms with Gasteiger partial charge in [-0.3, -0.25) is 0 Å². The van der Waals surface area contributed by atoms with Crippen LogP contribution in [0.4, 0.5) is 0 Å². The average Bonchev–Trinajstić information content (AvgIpc) is 3.39. The van der Waals surface area contributed by atoms with Crippen molar-refractivity contribution in [2.45, 2.75) is 26.2 Å². The van der Waals surface area contributed by atoms with Crippen LogP contribution in [0, 0.1) is 0 Å². The van der Waals surface area contributed by atoms with Gasteiger partial charge < -0.3 is 0 Å². The molecule has 0 aliphatic carbocycles. The maximum atomic E-state index is 2.37. The van der Waals surface area contributed by atoms with Gasteiger partial charge in [-0.2, -0.15) is 0 Å². The van der Waals surface area contributed by atoms with Gasteiger partial charge >= 0.3 is 0 Å². The van der Waals surface area contributed by atoms with Crippen LogP contribution in [-0.2, 0) is 26.2 Å². The summed E-state index contributed by atoms with van der Waals surface area (Å²) in [7, 11) is 0. The van der Waals surface area contributed by atoms with Gasteiger partial charge in [-0.15, -0.1) is 0 Å². The molecule has 2 aromatic heterocycles. The Morgan fingerprint density at radius 1 is 0.441 bits per heavy atom. The summed E-state index contributed by atoms with van der Waals surface area (Å²) < 4.78 is 9.46. The molecule has 0 atom stereocenters. The highest BCUT2D eigenvalue weighted by Crippen LogP contribution is 2.18. The van der Waals surface area contributed by atoms with Crippen molar-refractivity contribution in [2.75, 3.05) is 0 Å². The highest BCUT2D eigenvalue weighted by atomic mass is 15.1. The van der Waals surface area contributed by atoms with E-state index in [1.807, 2.05) is 0 Å². The quantitative estimate of drug-likeness (QED) is 0.304. The Kier molecular flexibility index (Phi) is 4.37. The smallest absolute Gasteiger partial charge is 0.226 e. The fourth-order valence-corrected chi connectivity index (χ4v) is 5.28. The Labute approximate surface area is 198 Å². The van der Waals surface area contributed by atoms with Crippen molar-refractivity contribution < 1.29 is 9.13 Å². The molecule has 6 heterocycles. The Bertz CT molecular complexity index is 1390. The molecule has 0 fully saturated rings. The maximum absolute atomic E-state index is 2.37. The molecule has 4 nitrogen and oxygen atoms in total. The molecule has 4 heteroatoms. The molecule has 0 saturated heterocycles. The number of fused-ring (bicyclic) bond motifs is 2. The van der Waals surface area contributed by atoms with Crippen molar-refractivity contribution in [1.82, 2.24) is 9.13 Å². The summed E-state index contributed by atoms with van der Waals surface area (Å²) in [4.78, 5) is 0.